The van der Waals surface area contributed by atoms with E-state index in [4.69, 9.17) is 4.74 Å². The van der Waals surface area contributed by atoms with Crippen molar-refractivity contribution in [1.82, 2.24) is 10.6 Å². The summed E-state index contributed by atoms with van der Waals surface area (Å²) in [4.78, 5) is 0. The summed E-state index contributed by atoms with van der Waals surface area (Å²) in [6.45, 7) is 5.17. The van der Waals surface area contributed by atoms with Crippen LogP contribution in [0, 0.1) is 0 Å². The first-order chi connectivity index (χ1) is 4.00. The lowest BCUT2D eigenvalue weighted by molar-refractivity contribution is 0.194. The second-order valence-corrected chi connectivity index (χ2v) is 1.80. The molecule has 0 bridgehead atoms. The number of ether oxygens (including phenoxy) is 1. The fourth-order valence-electron chi connectivity index (χ4n) is 0.361. The van der Waals surface area contributed by atoms with Gasteiger partial charge in [-0.2, -0.15) is 0 Å². The van der Waals surface area contributed by atoms with E-state index in [0.717, 1.165) is 19.9 Å². The van der Waals surface area contributed by atoms with E-state index in [-0.39, 0.29) is 0 Å². The van der Waals surface area contributed by atoms with Crippen LogP contribution in [0.2, 0.25) is 0 Å². The molecule has 2 rings (SSSR count). The molecular weight excluding hydrogens is 104 g/mol. The van der Waals surface area contributed by atoms with E-state index in [9.17, 15) is 0 Å². The molecule has 3 heteroatoms. The summed E-state index contributed by atoms with van der Waals surface area (Å²) < 4.78 is 4.83. The smallest absolute Gasteiger partial charge is 0.0966 e. The van der Waals surface area contributed by atoms with Crippen molar-refractivity contribution in [3.05, 3.63) is 0 Å². The Morgan fingerprint density at radius 2 is 1.75 bits per heavy atom. The van der Waals surface area contributed by atoms with Crippen LogP contribution >= 0.6 is 0 Å². The van der Waals surface area contributed by atoms with Crippen molar-refractivity contribution in [3.63, 3.8) is 0 Å². The second kappa shape index (κ2) is 3.83. The molecule has 0 aromatic rings. The topological polar surface area (TPSA) is 43.2 Å². The minimum absolute atomic E-state index is 0.750. The maximum Gasteiger partial charge on any atom is 0.0966 e. The van der Waals surface area contributed by atoms with Crippen LogP contribution in [0.1, 0.15) is 0 Å². The first-order valence-electron chi connectivity index (χ1n) is 2.99. The molecule has 0 amide bonds. The average molecular weight is 116 g/mol. The van der Waals surface area contributed by atoms with E-state index in [2.05, 4.69) is 10.6 Å². The predicted molar refractivity (Wildman–Crippen MR) is 31.7 cm³/mol. The predicted octanol–water partition coefficient (Wildman–Crippen LogP) is -0.847. The van der Waals surface area contributed by atoms with Gasteiger partial charge >= 0.3 is 0 Å². The molecule has 0 saturated carbocycles. The third kappa shape index (κ3) is 4.05. The van der Waals surface area contributed by atoms with Gasteiger partial charge in [0.2, 0.25) is 0 Å². The molecule has 0 aromatic heterocycles. The van der Waals surface area contributed by atoms with Crippen molar-refractivity contribution in [1.29, 1.82) is 0 Å². The minimum Gasteiger partial charge on any atom is -0.365 e. The number of rotatable bonds is 0. The van der Waals surface area contributed by atoms with Gasteiger partial charge in [-0.25, -0.2) is 0 Å². The maximum absolute atomic E-state index is 4.83. The van der Waals surface area contributed by atoms with Crippen LogP contribution in [0.5, 0.6) is 0 Å². The number of hydrogen-bond acceptors (Lipinski definition) is 3. The van der Waals surface area contributed by atoms with E-state index < -0.39 is 0 Å². The summed E-state index contributed by atoms with van der Waals surface area (Å²) in [5.41, 5.74) is 0. The average Bonchev–Trinajstić information content (AvgIpc) is 2.55. The summed E-state index contributed by atoms with van der Waals surface area (Å²) in [6, 6.07) is 0. The van der Waals surface area contributed by atoms with Gasteiger partial charge in [-0.15, -0.1) is 0 Å². The van der Waals surface area contributed by atoms with Crippen molar-refractivity contribution < 1.29 is 4.74 Å². The van der Waals surface area contributed by atoms with Gasteiger partial charge in [-0.05, 0) is 0 Å². The third-order valence-corrected chi connectivity index (χ3v) is 0.877. The van der Waals surface area contributed by atoms with Crippen LogP contribution in [-0.4, -0.2) is 33.0 Å². The van der Waals surface area contributed by atoms with Crippen LogP contribution < -0.4 is 10.6 Å². The zero-order valence-corrected chi connectivity index (χ0v) is 4.94. The van der Waals surface area contributed by atoms with Gasteiger partial charge in [0, 0.05) is 19.6 Å². The molecule has 2 saturated heterocycles. The van der Waals surface area contributed by atoms with Crippen molar-refractivity contribution in [2.45, 2.75) is 0 Å². The fraction of sp³-hybridized carbons (Fsp3) is 1.00. The lowest BCUT2D eigenvalue weighted by Gasteiger charge is -1.76. The van der Waals surface area contributed by atoms with Crippen LogP contribution in [-0.2, 0) is 4.74 Å². The Bertz CT molecular complexity index is 42.0. The standard InChI is InChI=1S/C3H7NO.C2H5N/c1-2-5-3-4-1;1-2-3-1/h4H,1-3H2;3H,1-2H2. The summed E-state index contributed by atoms with van der Waals surface area (Å²) in [5, 5.41) is 6.00. The fourth-order valence-corrected chi connectivity index (χ4v) is 0.361. The summed E-state index contributed by atoms with van der Waals surface area (Å²) >= 11 is 0. The highest BCUT2D eigenvalue weighted by atomic mass is 16.5. The van der Waals surface area contributed by atoms with Gasteiger partial charge in [0.05, 0.1) is 13.3 Å². The van der Waals surface area contributed by atoms with Gasteiger partial charge in [0.15, 0.2) is 0 Å². The highest BCUT2D eigenvalue weighted by molar-refractivity contribution is 4.58. The zero-order valence-electron chi connectivity index (χ0n) is 4.94. The molecule has 2 heterocycles. The van der Waals surface area contributed by atoms with Crippen molar-refractivity contribution >= 4 is 0 Å². The van der Waals surface area contributed by atoms with E-state index >= 15 is 0 Å². The molecule has 0 unspecified atom stereocenters. The van der Waals surface area contributed by atoms with Crippen LogP contribution in [0.25, 0.3) is 0 Å². The first-order valence-corrected chi connectivity index (χ1v) is 2.99. The Morgan fingerprint density at radius 1 is 1.00 bits per heavy atom. The summed E-state index contributed by atoms with van der Waals surface area (Å²) in [5.74, 6) is 0. The Morgan fingerprint density at radius 3 is 1.88 bits per heavy atom. The van der Waals surface area contributed by atoms with Crippen molar-refractivity contribution in [3.8, 4) is 0 Å². The molecule has 48 valence electrons. The molecular formula is C5H12N2O. The number of hydrogen-bond donors (Lipinski definition) is 2. The molecule has 3 nitrogen and oxygen atoms in total. The normalized spacial score (nSPS) is 24.0. The highest BCUT2D eigenvalue weighted by Crippen LogP contribution is 1.75. The minimum atomic E-state index is 0.750. The Balaban J connectivity index is 0.0000000907. The van der Waals surface area contributed by atoms with E-state index in [1.165, 1.54) is 13.1 Å². The Hall–Kier alpha value is -0.120. The van der Waals surface area contributed by atoms with Gasteiger partial charge in [-0.1, -0.05) is 0 Å². The lowest BCUT2D eigenvalue weighted by Crippen LogP contribution is -2.05. The third-order valence-electron chi connectivity index (χ3n) is 0.877. The quantitative estimate of drug-likeness (QED) is 0.405. The molecule has 2 aliphatic rings. The van der Waals surface area contributed by atoms with Crippen LogP contribution in [0.4, 0.5) is 0 Å². The first kappa shape index (κ1) is 6.01. The molecule has 0 radical (unpaired) electrons. The van der Waals surface area contributed by atoms with Gasteiger partial charge in [0.1, 0.15) is 0 Å². The molecule has 2 aliphatic heterocycles. The lowest BCUT2D eigenvalue weighted by atomic mass is 10.7. The SMILES string of the molecule is C1CN1.C1COCN1. The summed E-state index contributed by atoms with van der Waals surface area (Å²) in [7, 11) is 0. The van der Waals surface area contributed by atoms with Crippen molar-refractivity contribution in [2.24, 2.45) is 0 Å². The van der Waals surface area contributed by atoms with Crippen molar-refractivity contribution in [2.75, 3.05) is 33.0 Å². The van der Waals surface area contributed by atoms with Gasteiger partial charge < -0.3 is 10.1 Å². The molecule has 0 aromatic carbocycles. The maximum atomic E-state index is 4.83. The Kier molecular flexibility index (Phi) is 2.88. The molecule has 8 heavy (non-hydrogen) atoms. The monoisotopic (exact) mass is 116 g/mol. The highest BCUT2D eigenvalue weighted by Gasteiger charge is 1.92. The van der Waals surface area contributed by atoms with Crippen LogP contribution in [0.3, 0.4) is 0 Å². The molecule has 2 fully saturated rings. The molecule has 2 N–H and O–H groups in total. The van der Waals surface area contributed by atoms with E-state index in [1.807, 2.05) is 0 Å². The van der Waals surface area contributed by atoms with Gasteiger partial charge in [0.25, 0.3) is 0 Å². The molecule has 0 aliphatic carbocycles. The van der Waals surface area contributed by atoms with E-state index in [0.29, 0.717) is 0 Å². The molecule has 0 atom stereocenters. The second-order valence-electron chi connectivity index (χ2n) is 1.80. The Labute approximate surface area is 49.4 Å². The zero-order chi connectivity index (χ0) is 5.66. The molecule has 0 spiro atoms. The summed E-state index contributed by atoms with van der Waals surface area (Å²) in [6.07, 6.45) is 0. The number of nitrogens with one attached hydrogen (secondary N) is 2. The largest absolute Gasteiger partial charge is 0.365 e. The van der Waals surface area contributed by atoms with Gasteiger partial charge in [-0.3, -0.25) is 5.32 Å². The van der Waals surface area contributed by atoms with E-state index in [1.54, 1.807) is 0 Å². The van der Waals surface area contributed by atoms with Crippen LogP contribution in [0.15, 0.2) is 0 Å².